The van der Waals surface area contributed by atoms with Gasteiger partial charge in [0.05, 0.1) is 6.42 Å². The second kappa shape index (κ2) is 46.8. The third kappa shape index (κ3) is 45.0. The number of carbonyl (C=O) groups excluding carboxylic acids is 3. The molecule has 0 radical (unpaired) electrons. The average molecular weight is 817 g/mol. The van der Waals surface area contributed by atoms with E-state index in [-0.39, 0.29) is 38.0 Å². The van der Waals surface area contributed by atoms with Crippen molar-refractivity contribution in [3.63, 3.8) is 0 Å². The molecule has 0 N–H and O–H groups in total. The number of rotatable bonds is 40. The summed E-state index contributed by atoms with van der Waals surface area (Å²) in [4.78, 5) is 37.8. The summed E-state index contributed by atoms with van der Waals surface area (Å²) >= 11 is 0. The first-order valence-electron chi connectivity index (χ1n) is 23.4. The van der Waals surface area contributed by atoms with Gasteiger partial charge in [0.15, 0.2) is 6.10 Å². The van der Waals surface area contributed by atoms with E-state index in [1.54, 1.807) is 6.08 Å². The van der Waals surface area contributed by atoms with Gasteiger partial charge in [0.1, 0.15) is 13.2 Å². The molecule has 1 atom stereocenters. The van der Waals surface area contributed by atoms with E-state index in [1.807, 2.05) is 6.08 Å². The van der Waals surface area contributed by atoms with Gasteiger partial charge in [-0.15, -0.1) is 0 Å². The minimum absolute atomic E-state index is 0.118. The fourth-order valence-corrected chi connectivity index (χ4v) is 5.76. The summed E-state index contributed by atoms with van der Waals surface area (Å²) in [5.41, 5.74) is 0. The summed E-state index contributed by atoms with van der Waals surface area (Å²) in [5, 5.41) is 0. The average Bonchev–Trinajstić information content (AvgIpc) is 3.23. The van der Waals surface area contributed by atoms with Gasteiger partial charge in [-0.25, -0.2) is 0 Å². The lowest BCUT2D eigenvalue weighted by Crippen LogP contribution is -2.30. The van der Waals surface area contributed by atoms with Crippen LogP contribution in [0, 0.1) is 0 Å². The summed E-state index contributed by atoms with van der Waals surface area (Å²) in [6.07, 6.45) is 62.3. The molecule has 6 heteroatoms. The van der Waals surface area contributed by atoms with Crippen molar-refractivity contribution in [1.29, 1.82) is 0 Å². The van der Waals surface area contributed by atoms with E-state index in [1.165, 1.54) is 12.8 Å². The highest BCUT2D eigenvalue weighted by atomic mass is 16.6. The Morgan fingerprint density at radius 2 is 0.729 bits per heavy atom. The SMILES string of the molecule is CC/C=C\C/C=C\C/C=C\C/C=C\C/C=C\CC(=O)OCC(COC(=O)CCCCCCC/C=C\C/C=C\CCC)OC(=O)CCCCCCC/C=C\C/C=C\CCC. The lowest BCUT2D eigenvalue weighted by atomic mass is 10.1. The molecule has 0 aliphatic rings. The molecular weight excluding hydrogens is 733 g/mol. The third-order valence-electron chi connectivity index (χ3n) is 9.23. The van der Waals surface area contributed by atoms with Crippen LogP contribution in [0.3, 0.4) is 0 Å². The molecule has 0 bridgehead atoms. The van der Waals surface area contributed by atoms with Crippen LogP contribution in [0.4, 0.5) is 0 Å². The van der Waals surface area contributed by atoms with Crippen molar-refractivity contribution in [1.82, 2.24) is 0 Å². The van der Waals surface area contributed by atoms with Gasteiger partial charge in [-0.2, -0.15) is 0 Å². The molecular formula is C53H84O6. The fourth-order valence-electron chi connectivity index (χ4n) is 5.76. The highest BCUT2D eigenvalue weighted by Gasteiger charge is 2.19. The van der Waals surface area contributed by atoms with Gasteiger partial charge >= 0.3 is 17.9 Å². The van der Waals surface area contributed by atoms with Gasteiger partial charge in [0.25, 0.3) is 0 Å². The molecule has 0 aromatic heterocycles. The van der Waals surface area contributed by atoms with Crippen LogP contribution < -0.4 is 0 Å². The molecule has 6 nitrogen and oxygen atoms in total. The second-order valence-corrected chi connectivity index (χ2v) is 14.9. The Morgan fingerprint density at radius 1 is 0.373 bits per heavy atom. The van der Waals surface area contributed by atoms with Crippen LogP contribution >= 0.6 is 0 Å². The molecule has 0 aliphatic carbocycles. The monoisotopic (exact) mass is 817 g/mol. The van der Waals surface area contributed by atoms with E-state index in [9.17, 15) is 14.4 Å². The van der Waals surface area contributed by atoms with Gasteiger partial charge < -0.3 is 14.2 Å². The van der Waals surface area contributed by atoms with Crippen LogP contribution in [0.2, 0.25) is 0 Å². The Bertz CT molecular complexity index is 1260. The fraction of sp³-hybridized carbons (Fsp3) is 0.604. The quantitative estimate of drug-likeness (QED) is 0.0265. The van der Waals surface area contributed by atoms with Crippen molar-refractivity contribution in [2.75, 3.05) is 13.2 Å². The summed E-state index contributed by atoms with van der Waals surface area (Å²) in [7, 11) is 0. The number of esters is 3. The van der Waals surface area contributed by atoms with Crippen LogP contribution in [0.5, 0.6) is 0 Å². The minimum atomic E-state index is -0.831. The molecule has 59 heavy (non-hydrogen) atoms. The molecule has 0 spiro atoms. The van der Waals surface area contributed by atoms with E-state index >= 15 is 0 Å². The Balaban J connectivity index is 4.58. The van der Waals surface area contributed by atoms with E-state index in [0.717, 1.165) is 135 Å². The largest absolute Gasteiger partial charge is 0.462 e. The van der Waals surface area contributed by atoms with Gasteiger partial charge in [-0.3, -0.25) is 14.4 Å². The first kappa shape index (κ1) is 55.1. The Labute approximate surface area is 361 Å². The van der Waals surface area contributed by atoms with Crippen LogP contribution in [-0.4, -0.2) is 37.2 Å². The molecule has 0 heterocycles. The van der Waals surface area contributed by atoms with Crippen molar-refractivity contribution in [2.45, 2.75) is 194 Å². The predicted octanol–water partition coefficient (Wildman–Crippen LogP) is 15.2. The van der Waals surface area contributed by atoms with Crippen molar-refractivity contribution in [2.24, 2.45) is 0 Å². The Kier molecular flexibility index (Phi) is 43.6. The number of carbonyl (C=O) groups is 3. The molecule has 0 saturated heterocycles. The lowest BCUT2D eigenvalue weighted by molar-refractivity contribution is -0.166. The highest BCUT2D eigenvalue weighted by molar-refractivity contribution is 5.72. The summed E-state index contributed by atoms with van der Waals surface area (Å²) in [6.45, 7) is 6.25. The molecule has 332 valence electrons. The van der Waals surface area contributed by atoms with E-state index in [2.05, 4.69) is 118 Å². The molecule has 0 aromatic carbocycles. The zero-order valence-electron chi connectivity index (χ0n) is 37.7. The number of allylic oxidation sites excluding steroid dienone is 17. The van der Waals surface area contributed by atoms with E-state index < -0.39 is 12.1 Å². The maximum absolute atomic E-state index is 12.7. The predicted molar refractivity (Wildman–Crippen MR) is 251 cm³/mol. The van der Waals surface area contributed by atoms with Crippen LogP contribution in [0.25, 0.3) is 0 Å². The van der Waals surface area contributed by atoms with Gasteiger partial charge in [-0.05, 0) is 96.3 Å². The van der Waals surface area contributed by atoms with Crippen LogP contribution in [-0.2, 0) is 28.6 Å². The molecule has 0 rings (SSSR count). The number of ether oxygens (including phenoxy) is 3. The second-order valence-electron chi connectivity index (χ2n) is 14.9. The lowest BCUT2D eigenvalue weighted by Gasteiger charge is -2.18. The molecule has 0 aliphatic heterocycles. The Morgan fingerprint density at radius 3 is 1.19 bits per heavy atom. The third-order valence-corrected chi connectivity index (χ3v) is 9.23. The van der Waals surface area contributed by atoms with Crippen molar-refractivity contribution in [3.8, 4) is 0 Å². The molecule has 0 amide bonds. The highest BCUT2D eigenvalue weighted by Crippen LogP contribution is 2.12. The van der Waals surface area contributed by atoms with Gasteiger partial charge in [-0.1, -0.05) is 182 Å². The molecule has 1 unspecified atom stereocenters. The minimum Gasteiger partial charge on any atom is -0.462 e. The van der Waals surface area contributed by atoms with Crippen molar-refractivity contribution < 1.29 is 28.6 Å². The Hall–Kier alpha value is -3.93. The maximum Gasteiger partial charge on any atom is 0.309 e. The van der Waals surface area contributed by atoms with Gasteiger partial charge in [0, 0.05) is 12.8 Å². The molecule has 0 fully saturated rings. The normalized spacial score (nSPS) is 13.1. The number of unbranched alkanes of at least 4 members (excludes halogenated alkanes) is 12. The van der Waals surface area contributed by atoms with E-state index in [0.29, 0.717) is 6.42 Å². The first-order chi connectivity index (χ1) is 29.0. The zero-order chi connectivity index (χ0) is 43.0. The van der Waals surface area contributed by atoms with E-state index in [4.69, 9.17) is 14.2 Å². The summed E-state index contributed by atoms with van der Waals surface area (Å²) in [5.74, 6) is -1.10. The van der Waals surface area contributed by atoms with Crippen molar-refractivity contribution in [3.05, 3.63) is 109 Å². The smallest absolute Gasteiger partial charge is 0.309 e. The maximum atomic E-state index is 12.7. The standard InChI is InChI=1S/C53H84O6/c1-4-7-10-13-16-19-22-25-26-29-31-34-37-40-43-46-52(55)58-49-50(59-53(56)47-44-41-38-35-32-28-24-21-18-15-12-9-6-3)48-57-51(54)45-42-39-36-33-30-27-23-20-17-14-11-8-5-2/h7,10-12,14-16,19-21,23-26,31,34,40,43,50H,4-6,8-9,13,17-18,22,27-30,32-33,35-39,41-42,44-49H2,1-3H3/b10-7-,14-11-,15-12-,19-16-,23-20-,24-21-,26-25-,34-31-,43-40-. The van der Waals surface area contributed by atoms with Gasteiger partial charge in [0.2, 0.25) is 0 Å². The summed E-state index contributed by atoms with van der Waals surface area (Å²) in [6, 6.07) is 0. The zero-order valence-corrected chi connectivity index (χ0v) is 37.7. The van der Waals surface area contributed by atoms with Crippen molar-refractivity contribution >= 4 is 17.9 Å². The molecule has 0 saturated carbocycles. The molecule has 0 aromatic rings. The van der Waals surface area contributed by atoms with Crippen LogP contribution in [0.15, 0.2) is 109 Å². The topological polar surface area (TPSA) is 78.9 Å². The first-order valence-corrected chi connectivity index (χ1v) is 23.4. The summed E-state index contributed by atoms with van der Waals surface area (Å²) < 4.78 is 16.6. The number of hydrogen-bond acceptors (Lipinski definition) is 6. The van der Waals surface area contributed by atoms with Crippen LogP contribution in [0.1, 0.15) is 188 Å². The number of hydrogen-bond donors (Lipinski definition) is 0.